The van der Waals surface area contributed by atoms with E-state index >= 15 is 0 Å². The average Bonchev–Trinajstić information content (AvgIpc) is 2.30. The fourth-order valence-corrected chi connectivity index (χ4v) is 3.91. The van der Waals surface area contributed by atoms with Gasteiger partial charge in [-0.2, -0.15) is 0 Å². The Morgan fingerprint density at radius 2 is 1.80 bits per heavy atom. The van der Waals surface area contributed by atoms with Crippen molar-refractivity contribution < 1.29 is 0 Å². The summed E-state index contributed by atoms with van der Waals surface area (Å²) in [7, 11) is 0. The van der Waals surface area contributed by atoms with Crippen molar-refractivity contribution in [2.45, 2.75) is 64.7 Å². The molecule has 0 nitrogen and oxygen atoms in total. The van der Waals surface area contributed by atoms with Gasteiger partial charge < -0.3 is 0 Å². The van der Waals surface area contributed by atoms with Gasteiger partial charge in [0.05, 0.1) is 0 Å². The van der Waals surface area contributed by atoms with Crippen molar-refractivity contribution in [3.63, 3.8) is 0 Å². The number of fused-ring (bicyclic) bond motifs is 1. The average molecular weight is 206 g/mol. The first-order valence-corrected chi connectivity index (χ1v) is 7.03. The highest BCUT2D eigenvalue weighted by Gasteiger charge is 2.33. The summed E-state index contributed by atoms with van der Waals surface area (Å²) in [6.45, 7) is 2.14. The first-order valence-electron chi connectivity index (χ1n) is 7.03. The molecule has 0 radical (unpaired) electrons. The lowest BCUT2D eigenvalue weighted by molar-refractivity contribution is 0.0986. The molecular formula is C15H26. The number of allylic oxidation sites excluding steroid dienone is 2. The maximum Gasteiger partial charge on any atom is -0.0348 e. The van der Waals surface area contributed by atoms with E-state index < -0.39 is 0 Å². The van der Waals surface area contributed by atoms with Gasteiger partial charge in [0, 0.05) is 0 Å². The summed E-state index contributed by atoms with van der Waals surface area (Å²) in [6.07, 6.45) is 18.1. The molecule has 15 heavy (non-hydrogen) atoms. The van der Waals surface area contributed by atoms with Gasteiger partial charge in [0.25, 0.3) is 0 Å². The summed E-state index contributed by atoms with van der Waals surface area (Å²) in [4.78, 5) is 0. The van der Waals surface area contributed by atoms with Crippen molar-refractivity contribution in [1.29, 1.82) is 0 Å². The Bertz CT molecular complexity index is 202. The van der Waals surface area contributed by atoms with E-state index in [0.717, 1.165) is 17.8 Å². The Labute approximate surface area is 95.1 Å². The standard InChI is InChI=1S/C15H26/c1-2-3-4-8-13-10-7-11-14-9-5-6-12-15(13)14/h2-3,13-15H,4-12H2,1H3. The smallest absolute Gasteiger partial charge is 0.0348 e. The van der Waals surface area contributed by atoms with Crippen LogP contribution in [0, 0.1) is 17.8 Å². The van der Waals surface area contributed by atoms with Crippen molar-refractivity contribution in [3.8, 4) is 0 Å². The van der Waals surface area contributed by atoms with Crippen LogP contribution in [0.15, 0.2) is 12.2 Å². The third-order valence-corrected chi connectivity index (χ3v) is 4.66. The normalized spacial score (nSPS) is 36.7. The molecule has 0 heterocycles. The van der Waals surface area contributed by atoms with E-state index in [-0.39, 0.29) is 0 Å². The predicted molar refractivity (Wildman–Crippen MR) is 66.8 cm³/mol. The Kier molecular flexibility index (Phi) is 4.29. The highest BCUT2D eigenvalue weighted by molar-refractivity contribution is 4.87. The summed E-state index contributed by atoms with van der Waals surface area (Å²) in [5.74, 6) is 3.29. The van der Waals surface area contributed by atoms with Gasteiger partial charge in [0.2, 0.25) is 0 Å². The molecule has 0 aromatic rings. The largest absolute Gasteiger partial charge is 0.0917 e. The summed E-state index contributed by atoms with van der Waals surface area (Å²) in [5, 5.41) is 0. The van der Waals surface area contributed by atoms with Crippen LogP contribution in [0.3, 0.4) is 0 Å². The van der Waals surface area contributed by atoms with Crippen LogP contribution in [-0.4, -0.2) is 0 Å². The predicted octanol–water partition coefficient (Wildman–Crippen LogP) is 4.95. The van der Waals surface area contributed by atoms with Crippen LogP contribution in [0.25, 0.3) is 0 Å². The van der Waals surface area contributed by atoms with Crippen LogP contribution in [-0.2, 0) is 0 Å². The van der Waals surface area contributed by atoms with E-state index in [1.54, 1.807) is 19.3 Å². The first-order chi connectivity index (χ1) is 7.42. The molecule has 3 unspecified atom stereocenters. The van der Waals surface area contributed by atoms with Crippen LogP contribution in [0.5, 0.6) is 0 Å². The number of hydrogen-bond donors (Lipinski definition) is 0. The van der Waals surface area contributed by atoms with E-state index in [9.17, 15) is 0 Å². The minimum absolute atomic E-state index is 1.07. The maximum atomic E-state index is 2.35. The Hall–Kier alpha value is -0.260. The molecule has 2 fully saturated rings. The van der Waals surface area contributed by atoms with Gasteiger partial charge in [-0.1, -0.05) is 50.7 Å². The second kappa shape index (κ2) is 5.72. The second-order valence-corrected chi connectivity index (χ2v) is 5.55. The minimum atomic E-state index is 1.07. The molecule has 0 amide bonds. The molecule has 2 aliphatic rings. The van der Waals surface area contributed by atoms with Crippen LogP contribution in [0.1, 0.15) is 64.7 Å². The summed E-state index contributed by atoms with van der Waals surface area (Å²) < 4.78 is 0. The van der Waals surface area contributed by atoms with Crippen molar-refractivity contribution in [1.82, 2.24) is 0 Å². The third kappa shape index (κ3) is 2.86. The molecular weight excluding hydrogens is 180 g/mol. The van der Waals surface area contributed by atoms with Crippen LogP contribution < -0.4 is 0 Å². The molecule has 0 bridgehead atoms. The van der Waals surface area contributed by atoms with Crippen molar-refractivity contribution in [2.75, 3.05) is 0 Å². The van der Waals surface area contributed by atoms with Crippen LogP contribution in [0.2, 0.25) is 0 Å². The lowest BCUT2D eigenvalue weighted by atomic mass is 9.64. The fraction of sp³-hybridized carbons (Fsp3) is 0.867. The molecule has 2 saturated carbocycles. The molecule has 0 spiro atoms. The van der Waals surface area contributed by atoms with E-state index in [0.29, 0.717) is 0 Å². The lowest BCUT2D eigenvalue weighted by Crippen LogP contribution is -2.30. The van der Waals surface area contributed by atoms with E-state index in [2.05, 4.69) is 19.1 Å². The molecule has 2 rings (SSSR count). The monoisotopic (exact) mass is 206 g/mol. The minimum Gasteiger partial charge on any atom is -0.0917 e. The zero-order chi connectivity index (χ0) is 10.5. The van der Waals surface area contributed by atoms with Crippen LogP contribution in [0.4, 0.5) is 0 Å². The lowest BCUT2D eigenvalue weighted by Gasteiger charge is -2.41. The zero-order valence-corrected chi connectivity index (χ0v) is 10.3. The van der Waals surface area contributed by atoms with Gasteiger partial charge in [0.15, 0.2) is 0 Å². The maximum absolute atomic E-state index is 2.35. The first kappa shape index (κ1) is 11.2. The summed E-state index contributed by atoms with van der Waals surface area (Å²) in [5.41, 5.74) is 0. The Morgan fingerprint density at radius 1 is 1.00 bits per heavy atom. The highest BCUT2D eigenvalue weighted by atomic mass is 14.4. The SMILES string of the molecule is CC=CCCC1CCCC2CCCCC12. The quantitative estimate of drug-likeness (QED) is 0.573. The fourth-order valence-electron chi connectivity index (χ4n) is 3.91. The molecule has 0 heteroatoms. The molecule has 0 N–H and O–H groups in total. The van der Waals surface area contributed by atoms with Crippen molar-refractivity contribution in [2.24, 2.45) is 17.8 Å². The van der Waals surface area contributed by atoms with Crippen LogP contribution >= 0.6 is 0 Å². The number of hydrogen-bond acceptors (Lipinski definition) is 0. The van der Waals surface area contributed by atoms with E-state index in [1.807, 2.05) is 0 Å². The van der Waals surface area contributed by atoms with Gasteiger partial charge in [-0.25, -0.2) is 0 Å². The number of rotatable bonds is 3. The summed E-state index contributed by atoms with van der Waals surface area (Å²) >= 11 is 0. The van der Waals surface area contributed by atoms with Crippen molar-refractivity contribution >= 4 is 0 Å². The van der Waals surface area contributed by atoms with Gasteiger partial charge in [-0.05, 0) is 43.9 Å². The molecule has 0 aromatic carbocycles. The molecule has 3 atom stereocenters. The second-order valence-electron chi connectivity index (χ2n) is 5.55. The van der Waals surface area contributed by atoms with E-state index in [4.69, 9.17) is 0 Å². The van der Waals surface area contributed by atoms with Crippen molar-refractivity contribution in [3.05, 3.63) is 12.2 Å². The molecule has 2 aliphatic carbocycles. The van der Waals surface area contributed by atoms with Gasteiger partial charge >= 0.3 is 0 Å². The molecule has 86 valence electrons. The highest BCUT2D eigenvalue weighted by Crippen LogP contribution is 2.45. The van der Waals surface area contributed by atoms with Gasteiger partial charge in [0.1, 0.15) is 0 Å². The molecule has 0 aromatic heterocycles. The Morgan fingerprint density at radius 3 is 2.67 bits per heavy atom. The topological polar surface area (TPSA) is 0 Å². The van der Waals surface area contributed by atoms with Gasteiger partial charge in [-0.15, -0.1) is 0 Å². The Balaban J connectivity index is 1.86. The summed E-state index contributed by atoms with van der Waals surface area (Å²) in [6, 6.07) is 0. The zero-order valence-electron chi connectivity index (χ0n) is 10.3. The van der Waals surface area contributed by atoms with Gasteiger partial charge in [-0.3, -0.25) is 0 Å². The molecule has 0 aliphatic heterocycles. The molecule has 0 saturated heterocycles. The van der Waals surface area contributed by atoms with E-state index in [1.165, 1.54) is 38.5 Å². The third-order valence-electron chi connectivity index (χ3n) is 4.66.